The van der Waals surface area contributed by atoms with E-state index in [1.165, 1.54) is 0 Å². The Balaban J connectivity index is 6.70. The summed E-state index contributed by atoms with van der Waals surface area (Å²) in [5.41, 5.74) is -3.14. The van der Waals surface area contributed by atoms with Gasteiger partial charge in [0, 0.05) is 28.3 Å². The van der Waals surface area contributed by atoms with Crippen molar-refractivity contribution in [2.75, 3.05) is 21.3 Å². The van der Waals surface area contributed by atoms with Gasteiger partial charge >= 0.3 is 44.3 Å². The highest BCUT2D eigenvalue weighted by atomic mass is 28.4. The normalized spacial score (nSPS) is 16.9. The molecule has 0 aromatic heterocycles. The lowest BCUT2D eigenvalue weighted by atomic mass is 9.90. The summed E-state index contributed by atoms with van der Waals surface area (Å²) in [6.07, 6.45) is -1.19. The molecule has 0 amide bonds. The second kappa shape index (κ2) is 8.07. The van der Waals surface area contributed by atoms with Crippen molar-refractivity contribution in [2.24, 2.45) is 0 Å². The summed E-state index contributed by atoms with van der Waals surface area (Å²) < 4.78 is 177. The number of halogens is 12. The van der Waals surface area contributed by atoms with Crippen molar-refractivity contribution < 1.29 is 66.0 Å². The van der Waals surface area contributed by atoms with Gasteiger partial charge in [-0.1, -0.05) is 6.92 Å². The smallest absolute Gasteiger partial charge is 0.377 e. The third kappa shape index (κ3) is 3.84. The number of hydrogen-bond donors (Lipinski definition) is 0. The minimum atomic E-state index is -7.63. The number of hydrogen-bond acceptors (Lipinski definition) is 3. The lowest BCUT2D eigenvalue weighted by molar-refractivity contribution is -0.424. The van der Waals surface area contributed by atoms with Crippen molar-refractivity contribution in [3.8, 4) is 0 Å². The largest absolute Gasteiger partial charge is 0.509 e. The molecule has 16 heteroatoms. The zero-order valence-electron chi connectivity index (χ0n) is 15.5. The lowest BCUT2D eigenvalue weighted by Crippen LogP contribution is -2.72. The average molecular weight is 478 g/mol. The quantitative estimate of drug-likeness (QED) is 0.291. The van der Waals surface area contributed by atoms with E-state index in [1.807, 2.05) is 0 Å². The fourth-order valence-electron chi connectivity index (χ4n) is 2.50. The van der Waals surface area contributed by atoms with Crippen molar-refractivity contribution in [1.29, 1.82) is 0 Å². The monoisotopic (exact) mass is 478 g/mol. The minimum absolute atomic E-state index is 0.606. The van der Waals surface area contributed by atoms with Gasteiger partial charge in [-0.15, -0.1) is 0 Å². The topological polar surface area (TPSA) is 27.7 Å². The van der Waals surface area contributed by atoms with E-state index in [2.05, 4.69) is 13.3 Å². The van der Waals surface area contributed by atoms with E-state index in [9.17, 15) is 52.7 Å². The standard InChI is InChI=1S/C13H18F12O3Si/c1-6-7(29(26-3,27-4)28-5)9(16,17)11(20,21)13(24,25)12(22,23)10(18,19)8(2,14)15/h7H,6H2,1-5H3. The van der Waals surface area contributed by atoms with Gasteiger partial charge < -0.3 is 13.3 Å². The van der Waals surface area contributed by atoms with Crippen LogP contribution in [0.4, 0.5) is 52.7 Å². The fraction of sp³-hybridized carbons (Fsp3) is 1.00. The highest BCUT2D eigenvalue weighted by molar-refractivity contribution is 6.62. The molecule has 3 nitrogen and oxygen atoms in total. The third-order valence-electron chi connectivity index (χ3n) is 4.28. The molecule has 0 fully saturated rings. The maximum atomic E-state index is 14.4. The molecule has 0 aromatic carbocycles. The summed E-state index contributed by atoms with van der Waals surface area (Å²) >= 11 is 0. The molecule has 0 saturated carbocycles. The van der Waals surface area contributed by atoms with Gasteiger partial charge in [0.15, 0.2) is 0 Å². The van der Waals surface area contributed by atoms with Crippen LogP contribution in [0, 0.1) is 0 Å². The molecule has 0 aliphatic rings. The molecule has 0 heterocycles. The maximum Gasteiger partial charge on any atom is 0.509 e. The zero-order valence-corrected chi connectivity index (χ0v) is 16.5. The van der Waals surface area contributed by atoms with Gasteiger partial charge in [-0.3, -0.25) is 0 Å². The van der Waals surface area contributed by atoms with Crippen LogP contribution in [0.3, 0.4) is 0 Å². The summed E-state index contributed by atoms with van der Waals surface area (Å²) in [7, 11) is -3.14. The molecule has 0 N–H and O–H groups in total. The van der Waals surface area contributed by atoms with Crippen LogP contribution in [0.25, 0.3) is 0 Å². The number of alkyl halides is 12. The highest BCUT2D eigenvalue weighted by Gasteiger charge is 2.90. The van der Waals surface area contributed by atoms with Crippen molar-refractivity contribution in [1.82, 2.24) is 0 Å². The van der Waals surface area contributed by atoms with Crippen LogP contribution in [-0.2, 0) is 13.3 Å². The van der Waals surface area contributed by atoms with Crippen LogP contribution in [0.2, 0.25) is 5.54 Å². The lowest BCUT2D eigenvalue weighted by Gasteiger charge is -2.44. The second-order valence-corrected chi connectivity index (χ2v) is 9.11. The summed E-state index contributed by atoms with van der Waals surface area (Å²) in [5, 5.41) is 0. The van der Waals surface area contributed by atoms with E-state index in [-0.39, 0.29) is 0 Å². The maximum absolute atomic E-state index is 14.4. The van der Waals surface area contributed by atoms with Gasteiger partial charge in [0.2, 0.25) is 0 Å². The van der Waals surface area contributed by atoms with Gasteiger partial charge in [-0.25, -0.2) is 0 Å². The molecule has 0 spiro atoms. The van der Waals surface area contributed by atoms with Gasteiger partial charge in [0.05, 0.1) is 5.54 Å². The molecule has 176 valence electrons. The van der Waals surface area contributed by atoms with Gasteiger partial charge in [0.25, 0.3) is 0 Å². The van der Waals surface area contributed by atoms with Crippen LogP contribution in [0.15, 0.2) is 0 Å². The minimum Gasteiger partial charge on any atom is -0.377 e. The van der Waals surface area contributed by atoms with Crippen LogP contribution in [0.5, 0.6) is 0 Å². The Morgan fingerprint density at radius 3 is 1.17 bits per heavy atom. The van der Waals surface area contributed by atoms with Crippen LogP contribution in [-0.4, -0.2) is 65.7 Å². The molecule has 29 heavy (non-hydrogen) atoms. The molecule has 0 rings (SSSR count). The Kier molecular flexibility index (Phi) is 7.86. The first-order chi connectivity index (χ1) is 12.6. The van der Waals surface area contributed by atoms with Gasteiger partial charge in [-0.05, 0) is 6.42 Å². The van der Waals surface area contributed by atoms with E-state index in [0.717, 1.165) is 6.92 Å². The first-order valence-corrected chi connectivity index (χ1v) is 9.35. The molecule has 0 bridgehead atoms. The van der Waals surface area contributed by atoms with Crippen molar-refractivity contribution in [3.63, 3.8) is 0 Å². The Hall–Kier alpha value is -0.743. The van der Waals surface area contributed by atoms with Crippen LogP contribution < -0.4 is 0 Å². The SMILES string of the molecule is CCC(C(F)(F)C(F)(F)C(F)(F)C(F)(F)C(F)(F)C(C)(F)F)[Si](OC)(OC)OC. The Morgan fingerprint density at radius 1 is 0.621 bits per heavy atom. The molecule has 0 radical (unpaired) electrons. The molecule has 1 atom stereocenters. The summed E-state index contributed by atoms with van der Waals surface area (Å²) in [6.45, 7) is -0.237. The Morgan fingerprint density at radius 2 is 0.931 bits per heavy atom. The van der Waals surface area contributed by atoms with E-state index in [0.29, 0.717) is 21.3 Å². The molecule has 0 saturated heterocycles. The zero-order chi connectivity index (χ0) is 23.9. The van der Waals surface area contributed by atoms with E-state index in [4.69, 9.17) is 0 Å². The summed E-state index contributed by atoms with van der Waals surface area (Å²) in [6, 6.07) is 0. The number of rotatable bonds is 11. The molecule has 0 aliphatic carbocycles. The molecular formula is C13H18F12O3Si. The Bertz CT molecular complexity index is 551. The Labute approximate surface area is 158 Å². The molecule has 0 aromatic rings. The molecule has 0 aliphatic heterocycles. The van der Waals surface area contributed by atoms with Gasteiger partial charge in [-0.2, -0.15) is 52.7 Å². The average Bonchev–Trinajstić information content (AvgIpc) is 2.57. The van der Waals surface area contributed by atoms with Crippen molar-refractivity contribution >= 4 is 8.80 Å². The summed E-state index contributed by atoms with van der Waals surface area (Å²) in [4.78, 5) is 0. The first kappa shape index (κ1) is 28.3. The fourth-order valence-corrected chi connectivity index (χ4v) is 4.98. The molecular weight excluding hydrogens is 460 g/mol. The predicted octanol–water partition coefficient (Wildman–Crippen LogP) is 5.48. The second-order valence-electron chi connectivity index (χ2n) is 5.99. The van der Waals surface area contributed by atoms with Crippen LogP contribution >= 0.6 is 0 Å². The first-order valence-electron chi connectivity index (χ1n) is 7.55. The van der Waals surface area contributed by atoms with E-state index in [1.54, 1.807) is 0 Å². The van der Waals surface area contributed by atoms with Crippen molar-refractivity contribution in [3.05, 3.63) is 0 Å². The molecule has 1 unspecified atom stereocenters. The van der Waals surface area contributed by atoms with Crippen molar-refractivity contribution in [2.45, 2.75) is 61.3 Å². The van der Waals surface area contributed by atoms with E-state index < -0.39 is 63.2 Å². The van der Waals surface area contributed by atoms with Gasteiger partial charge in [0.1, 0.15) is 0 Å². The summed E-state index contributed by atoms with van der Waals surface area (Å²) in [5.74, 6) is -41.8. The highest BCUT2D eigenvalue weighted by Crippen LogP contribution is 2.63. The third-order valence-corrected chi connectivity index (χ3v) is 7.61. The van der Waals surface area contributed by atoms with E-state index >= 15 is 0 Å². The van der Waals surface area contributed by atoms with Crippen LogP contribution in [0.1, 0.15) is 20.3 Å². The predicted molar refractivity (Wildman–Crippen MR) is 76.2 cm³/mol.